The topological polar surface area (TPSA) is 72.1 Å². The molecule has 0 aliphatic heterocycles. The van der Waals surface area contributed by atoms with Crippen molar-refractivity contribution in [2.45, 2.75) is 13.0 Å². The first-order valence-corrected chi connectivity index (χ1v) is 8.45. The lowest BCUT2D eigenvalue weighted by Crippen LogP contribution is -2.15. The van der Waals surface area contributed by atoms with Gasteiger partial charge in [0.25, 0.3) is 0 Å². The zero-order chi connectivity index (χ0) is 18.5. The molecule has 6 heteroatoms. The molecule has 0 saturated carbocycles. The molecule has 0 radical (unpaired) electrons. The van der Waals surface area contributed by atoms with E-state index < -0.39 is 0 Å². The summed E-state index contributed by atoms with van der Waals surface area (Å²) in [6.07, 6.45) is 0.782. The highest BCUT2D eigenvalue weighted by Gasteiger charge is 2.16. The minimum atomic E-state index is 0.578. The van der Waals surface area contributed by atoms with E-state index >= 15 is 0 Å². The highest BCUT2D eigenvalue weighted by molar-refractivity contribution is 5.81. The molecule has 26 heavy (non-hydrogen) atoms. The fraction of sp³-hybridized carbons (Fsp3) is 0.300. The number of hydrogen-bond donors (Lipinski definition) is 1. The SMILES string of the molecule is CNCCc1nc2cc(OC)c(OC)cc2n1Cc1ccccc1C#N. The summed E-state index contributed by atoms with van der Waals surface area (Å²) in [5.41, 5.74) is 3.45. The maximum absolute atomic E-state index is 9.40. The lowest BCUT2D eigenvalue weighted by atomic mass is 10.1. The Kier molecular flexibility index (Phi) is 5.40. The van der Waals surface area contributed by atoms with E-state index in [1.165, 1.54) is 0 Å². The van der Waals surface area contributed by atoms with E-state index in [1.54, 1.807) is 14.2 Å². The van der Waals surface area contributed by atoms with Gasteiger partial charge in [0.1, 0.15) is 5.82 Å². The quantitative estimate of drug-likeness (QED) is 0.709. The van der Waals surface area contributed by atoms with Gasteiger partial charge in [0.15, 0.2) is 11.5 Å². The van der Waals surface area contributed by atoms with Crippen LogP contribution in [-0.2, 0) is 13.0 Å². The highest BCUT2D eigenvalue weighted by Crippen LogP contribution is 2.33. The molecule has 1 N–H and O–H groups in total. The van der Waals surface area contributed by atoms with Crippen LogP contribution in [0.15, 0.2) is 36.4 Å². The first-order valence-electron chi connectivity index (χ1n) is 8.45. The van der Waals surface area contributed by atoms with Crippen LogP contribution in [0.3, 0.4) is 0 Å². The third kappa shape index (κ3) is 3.35. The van der Waals surface area contributed by atoms with Crippen molar-refractivity contribution in [3.63, 3.8) is 0 Å². The number of nitriles is 1. The number of aromatic nitrogens is 2. The summed E-state index contributed by atoms with van der Waals surface area (Å²) in [6, 6.07) is 13.8. The highest BCUT2D eigenvalue weighted by atomic mass is 16.5. The van der Waals surface area contributed by atoms with Gasteiger partial charge in [0, 0.05) is 25.1 Å². The zero-order valence-electron chi connectivity index (χ0n) is 15.2. The predicted molar refractivity (Wildman–Crippen MR) is 101 cm³/mol. The largest absolute Gasteiger partial charge is 0.493 e. The number of nitrogens with one attached hydrogen (secondary N) is 1. The molecule has 1 aromatic heterocycles. The average molecular weight is 350 g/mol. The van der Waals surface area contributed by atoms with E-state index in [0.29, 0.717) is 23.6 Å². The molecule has 0 fully saturated rings. The van der Waals surface area contributed by atoms with Gasteiger partial charge in [0.2, 0.25) is 0 Å². The molecule has 134 valence electrons. The van der Waals surface area contributed by atoms with E-state index in [2.05, 4.69) is 16.0 Å². The van der Waals surface area contributed by atoms with Crippen LogP contribution in [0, 0.1) is 11.3 Å². The van der Waals surface area contributed by atoms with Crippen molar-refractivity contribution < 1.29 is 9.47 Å². The molecule has 6 nitrogen and oxygen atoms in total. The Morgan fingerprint density at radius 3 is 2.58 bits per heavy atom. The Morgan fingerprint density at radius 2 is 1.88 bits per heavy atom. The number of nitrogens with zero attached hydrogens (tertiary/aromatic N) is 3. The summed E-state index contributed by atoms with van der Waals surface area (Å²) in [4.78, 5) is 4.79. The minimum absolute atomic E-state index is 0.578. The molecule has 0 unspecified atom stereocenters. The van der Waals surface area contributed by atoms with Crippen molar-refractivity contribution in [2.75, 3.05) is 27.8 Å². The normalized spacial score (nSPS) is 10.7. The van der Waals surface area contributed by atoms with Crippen LogP contribution in [0.1, 0.15) is 17.0 Å². The zero-order valence-corrected chi connectivity index (χ0v) is 15.2. The minimum Gasteiger partial charge on any atom is -0.493 e. The van der Waals surface area contributed by atoms with Gasteiger partial charge in [-0.25, -0.2) is 4.98 Å². The Morgan fingerprint density at radius 1 is 1.15 bits per heavy atom. The van der Waals surface area contributed by atoms with Crippen molar-refractivity contribution >= 4 is 11.0 Å². The summed E-state index contributed by atoms with van der Waals surface area (Å²) < 4.78 is 13.0. The molecular weight excluding hydrogens is 328 g/mol. The van der Waals surface area contributed by atoms with Crippen molar-refractivity contribution in [2.24, 2.45) is 0 Å². The number of imidazole rings is 1. The molecule has 0 bridgehead atoms. The molecule has 0 atom stereocenters. The Hall–Kier alpha value is -3.04. The smallest absolute Gasteiger partial charge is 0.163 e. The maximum Gasteiger partial charge on any atom is 0.163 e. The first kappa shape index (κ1) is 17.8. The van der Waals surface area contributed by atoms with Gasteiger partial charge in [0.05, 0.1) is 43.4 Å². The average Bonchev–Trinajstić information content (AvgIpc) is 3.01. The molecule has 2 aromatic carbocycles. The standard InChI is InChI=1S/C20H22N4O2/c1-22-9-8-20-23-16-10-18(25-2)19(26-3)11-17(16)24(20)13-15-7-5-4-6-14(15)12-21/h4-7,10-11,22H,8-9,13H2,1-3H3. The van der Waals surface area contributed by atoms with E-state index in [1.807, 2.05) is 43.4 Å². The lowest BCUT2D eigenvalue weighted by Gasteiger charge is -2.12. The predicted octanol–water partition coefficient (Wildman–Crippen LogP) is 2.74. The lowest BCUT2D eigenvalue weighted by molar-refractivity contribution is 0.355. The van der Waals surface area contributed by atoms with Crippen LogP contribution >= 0.6 is 0 Å². The second-order valence-corrected chi connectivity index (χ2v) is 5.93. The first-order chi connectivity index (χ1) is 12.7. The van der Waals surface area contributed by atoms with Gasteiger partial charge >= 0.3 is 0 Å². The summed E-state index contributed by atoms with van der Waals surface area (Å²) in [5, 5.41) is 12.6. The van der Waals surface area contributed by atoms with Crippen LogP contribution in [0.5, 0.6) is 11.5 Å². The third-order valence-electron chi connectivity index (χ3n) is 4.40. The summed E-state index contributed by atoms with van der Waals surface area (Å²) >= 11 is 0. The van der Waals surface area contributed by atoms with Gasteiger partial charge in [-0.15, -0.1) is 0 Å². The van der Waals surface area contributed by atoms with Crippen LogP contribution in [-0.4, -0.2) is 37.4 Å². The Labute approximate surface area is 153 Å². The van der Waals surface area contributed by atoms with Gasteiger partial charge in [-0.05, 0) is 18.7 Å². The number of fused-ring (bicyclic) bond motifs is 1. The molecule has 1 heterocycles. The van der Waals surface area contributed by atoms with Crippen LogP contribution in [0.25, 0.3) is 11.0 Å². The maximum atomic E-state index is 9.40. The number of rotatable bonds is 7. The van der Waals surface area contributed by atoms with Gasteiger partial charge < -0.3 is 19.4 Å². The molecule has 0 amide bonds. The van der Waals surface area contributed by atoms with E-state index in [0.717, 1.165) is 35.4 Å². The fourth-order valence-electron chi connectivity index (χ4n) is 3.04. The van der Waals surface area contributed by atoms with Crippen molar-refractivity contribution in [3.8, 4) is 17.6 Å². The second kappa shape index (κ2) is 7.89. The van der Waals surface area contributed by atoms with Crippen LogP contribution in [0.4, 0.5) is 0 Å². The number of hydrogen-bond acceptors (Lipinski definition) is 5. The molecule has 3 rings (SSSR count). The van der Waals surface area contributed by atoms with Gasteiger partial charge in [-0.1, -0.05) is 18.2 Å². The van der Waals surface area contributed by atoms with Crippen LogP contribution < -0.4 is 14.8 Å². The monoisotopic (exact) mass is 350 g/mol. The van der Waals surface area contributed by atoms with E-state index in [9.17, 15) is 5.26 Å². The number of ether oxygens (including phenoxy) is 2. The Bertz CT molecular complexity index is 956. The van der Waals surface area contributed by atoms with Crippen molar-refractivity contribution in [3.05, 3.63) is 53.3 Å². The number of benzene rings is 2. The summed E-state index contributed by atoms with van der Waals surface area (Å²) in [5.74, 6) is 2.27. The summed E-state index contributed by atoms with van der Waals surface area (Å²) in [6.45, 7) is 1.40. The molecule has 3 aromatic rings. The third-order valence-corrected chi connectivity index (χ3v) is 4.40. The number of likely N-dealkylation sites (N-methyl/N-ethyl adjacent to an activating group) is 1. The second-order valence-electron chi connectivity index (χ2n) is 5.93. The summed E-state index contributed by atoms with van der Waals surface area (Å²) in [7, 11) is 5.16. The van der Waals surface area contributed by atoms with Gasteiger partial charge in [-0.2, -0.15) is 5.26 Å². The Balaban J connectivity index is 2.15. The van der Waals surface area contributed by atoms with Crippen LogP contribution in [0.2, 0.25) is 0 Å². The van der Waals surface area contributed by atoms with E-state index in [-0.39, 0.29) is 0 Å². The molecule has 0 aliphatic rings. The van der Waals surface area contributed by atoms with E-state index in [4.69, 9.17) is 14.5 Å². The molecule has 0 saturated heterocycles. The molecular formula is C20H22N4O2. The van der Waals surface area contributed by atoms with Crippen molar-refractivity contribution in [1.82, 2.24) is 14.9 Å². The fourth-order valence-corrected chi connectivity index (χ4v) is 3.04. The van der Waals surface area contributed by atoms with Gasteiger partial charge in [-0.3, -0.25) is 0 Å². The molecule has 0 spiro atoms. The number of methoxy groups -OCH3 is 2. The molecule has 0 aliphatic carbocycles. The van der Waals surface area contributed by atoms with Crippen molar-refractivity contribution in [1.29, 1.82) is 5.26 Å².